The molecule has 1 unspecified atom stereocenters. The second-order valence-electron chi connectivity index (χ2n) is 4.50. The summed E-state index contributed by atoms with van der Waals surface area (Å²) in [6.45, 7) is 2.07. The number of nitrogens with one attached hydrogen (secondary N) is 1. The number of hydrogen-bond donors (Lipinski definition) is 2. The third kappa shape index (κ3) is 5.68. The van der Waals surface area contributed by atoms with E-state index < -0.39 is 5.97 Å². The molecule has 0 aliphatic carbocycles. The van der Waals surface area contributed by atoms with Crippen LogP contribution < -0.4 is 5.32 Å². The van der Waals surface area contributed by atoms with Crippen molar-refractivity contribution in [3.8, 4) is 6.07 Å². The SMILES string of the molecule is CC(CC(=O)O)CC(=O)NCc1cccc(C#N)c1. The van der Waals surface area contributed by atoms with Crippen LogP contribution in [0.5, 0.6) is 0 Å². The zero-order valence-corrected chi connectivity index (χ0v) is 10.7. The molecule has 19 heavy (non-hydrogen) atoms. The fourth-order valence-corrected chi connectivity index (χ4v) is 1.71. The molecule has 0 aromatic heterocycles. The van der Waals surface area contributed by atoms with Gasteiger partial charge in [-0.1, -0.05) is 19.1 Å². The van der Waals surface area contributed by atoms with Crippen LogP contribution in [0.2, 0.25) is 0 Å². The van der Waals surface area contributed by atoms with Crippen LogP contribution in [0.3, 0.4) is 0 Å². The maximum absolute atomic E-state index is 11.6. The molecule has 0 spiro atoms. The lowest BCUT2D eigenvalue weighted by atomic mass is 10.0. The second kappa shape index (κ2) is 7.17. The van der Waals surface area contributed by atoms with Gasteiger partial charge in [-0.25, -0.2) is 0 Å². The molecule has 5 nitrogen and oxygen atoms in total. The summed E-state index contributed by atoms with van der Waals surface area (Å²) in [5, 5.41) is 20.1. The Balaban J connectivity index is 2.41. The molecule has 100 valence electrons. The number of benzene rings is 1. The molecule has 0 aliphatic rings. The Morgan fingerprint density at radius 3 is 2.79 bits per heavy atom. The number of carboxylic acid groups (broad SMARTS) is 1. The first-order valence-electron chi connectivity index (χ1n) is 5.98. The van der Waals surface area contributed by atoms with E-state index in [0.29, 0.717) is 12.1 Å². The van der Waals surface area contributed by atoms with Gasteiger partial charge in [0.1, 0.15) is 0 Å². The first-order chi connectivity index (χ1) is 9.01. The quantitative estimate of drug-likeness (QED) is 0.814. The lowest BCUT2D eigenvalue weighted by Crippen LogP contribution is -2.25. The Hall–Kier alpha value is -2.35. The normalized spacial score (nSPS) is 11.4. The Labute approximate surface area is 111 Å². The molecule has 1 aromatic carbocycles. The second-order valence-corrected chi connectivity index (χ2v) is 4.50. The highest BCUT2D eigenvalue weighted by molar-refractivity contribution is 5.77. The minimum Gasteiger partial charge on any atom is -0.481 e. The molecule has 0 heterocycles. The molecular formula is C14H16N2O3. The topological polar surface area (TPSA) is 90.2 Å². The third-order valence-corrected chi connectivity index (χ3v) is 2.60. The number of amides is 1. The van der Waals surface area contributed by atoms with Crippen LogP contribution >= 0.6 is 0 Å². The number of carbonyl (C=O) groups excluding carboxylic acids is 1. The summed E-state index contributed by atoms with van der Waals surface area (Å²) in [5.41, 5.74) is 1.39. The lowest BCUT2D eigenvalue weighted by molar-refractivity contribution is -0.138. The van der Waals surface area contributed by atoms with Crippen LogP contribution in [0, 0.1) is 17.2 Å². The van der Waals surface area contributed by atoms with Crippen LogP contribution in [0.4, 0.5) is 0 Å². The molecule has 1 atom stereocenters. The Bertz CT molecular complexity index is 506. The van der Waals surface area contributed by atoms with Crippen molar-refractivity contribution in [1.82, 2.24) is 5.32 Å². The van der Waals surface area contributed by atoms with Gasteiger partial charge < -0.3 is 10.4 Å². The van der Waals surface area contributed by atoms with Gasteiger partial charge in [0.25, 0.3) is 0 Å². The average Bonchev–Trinajstić information content (AvgIpc) is 2.35. The van der Waals surface area contributed by atoms with Gasteiger partial charge in [-0.3, -0.25) is 9.59 Å². The van der Waals surface area contributed by atoms with Crippen LogP contribution in [0.1, 0.15) is 30.9 Å². The molecule has 0 aliphatic heterocycles. The molecule has 2 N–H and O–H groups in total. The standard InChI is InChI=1S/C14H16N2O3/c1-10(6-14(18)19)5-13(17)16-9-12-4-2-3-11(7-12)8-15/h2-4,7,10H,5-6,9H2,1H3,(H,16,17)(H,18,19). The monoisotopic (exact) mass is 260 g/mol. The summed E-state index contributed by atoms with van der Waals surface area (Å²) in [7, 11) is 0. The minimum atomic E-state index is -0.901. The molecule has 0 bridgehead atoms. The largest absolute Gasteiger partial charge is 0.481 e. The predicted octanol–water partition coefficient (Wildman–Crippen LogP) is 1.68. The molecule has 0 saturated carbocycles. The summed E-state index contributed by atoms with van der Waals surface area (Å²) in [6.07, 6.45) is 0.168. The van der Waals surface area contributed by atoms with Crippen molar-refractivity contribution >= 4 is 11.9 Å². The summed E-state index contributed by atoms with van der Waals surface area (Å²) < 4.78 is 0. The van der Waals surface area contributed by atoms with E-state index >= 15 is 0 Å². The van der Waals surface area contributed by atoms with Crippen molar-refractivity contribution in [3.63, 3.8) is 0 Å². The maximum atomic E-state index is 11.6. The van der Waals surface area contributed by atoms with E-state index in [-0.39, 0.29) is 24.7 Å². The van der Waals surface area contributed by atoms with Gasteiger partial charge in [-0.15, -0.1) is 0 Å². The van der Waals surface area contributed by atoms with Gasteiger partial charge in [-0.05, 0) is 23.6 Å². The van der Waals surface area contributed by atoms with Crippen molar-refractivity contribution in [2.24, 2.45) is 5.92 Å². The molecule has 1 rings (SSSR count). The summed E-state index contributed by atoms with van der Waals surface area (Å²) in [5.74, 6) is -1.28. The highest BCUT2D eigenvalue weighted by atomic mass is 16.4. The number of aliphatic carboxylic acids is 1. The summed E-state index contributed by atoms with van der Waals surface area (Å²) in [4.78, 5) is 22.1. The summed E-state index contributed by atoms with van der Waals surface area (Å²) >= 11 is 0. The first kappa shape index (κ1) is 14.7. The van der Waals surface area contributed by atoms with E-state index in [2.05, 4.69) is 5.32 Å². The van der Waals surface area contributed by atoms with Crippen molar-refractivity contribution in [1.29, 1.82) is 5.26 Å². The van der Waals surface area contributed by atoms with E-state index in [1.165, 1.54) is 0 Å². The molecule has 1 amide bonds. The maximum Gasteiger partial charge on any atom is 0.303 e. The zero-order chi connectivity index (χ0) is 14.3. The van der Waals surface area contributed by atoms with Crippen LogP contribution in [0.25, 0.3) is 0 Å². The minimum absolute atomic E-state index is 0.0165. The molecular weight excluding hydrogens is 244 g/mol. The van der Waals surface area contributed by atoms with Crippen LogP contribution in [-0.4, -0.2) is 17.0 Å². The van der Waals surface area contributed by atoms with E-state index in [9.17, 15) is 9.59 Å². The molecule has 1 aromatic rings. The van der Waals surface area contributed by atoms with Gasteiger partial charge in [-0.2, -0.15) is 5.26 Å². The average molecular weight is 260 g/mol. The Morgan fingerprint density at radius 2 is 2.16 bits per heavy atom. The summed E-state index contributed by atoms with van der Waals surface area (Å²) in [6, 6.07) is 9.01. The number of rotatable bonds is 6. The van der Waals surface area contributed by atoms with Crippen LogP contribution in [0.15, 0.2) is 24.3 Å². The zero-order valence-electron chi connectivity index (χ0n) is 10.7. The third-order valence-electron chi connectivity index (χ3n) is 2.60. The predicted molar refractivity (Wildman–Crippen MR) is 69.0 cm³/mol. The smallest absolute Gasteiger partial charge is 0.303 e. The molecule has 5 heteroatoms. The van der Waals surface area contributed by atoms with Crippen molar-refractivity contribution in [2.45, 2.75) is 26.3 Å². The van der Waals surface area contributed by atoms with Crippen LogP contribution in [-0.2, 0) is 16.1 Å². The van der Waals surface area contributed by atoms with E-state index in [1.807, 2.05) is 12.1 Å². The highest BCUT2D eigenvalue weighted by Gasteiger charge is 2.12. The Kier molecular flexibility index (Phi) is 5.55. The number of nitriles is 1. The molecule has 0 saturated heterocycles. The highest BCUT2D eigenvalue weighted by Crippen LogP contribution is 2.08. The number of nitrogens with zero attached hydrogens (tertiary/aromatic N) is 1. The van der Waals surface area contributed by atoms with E-state index in [1.54, 1.807) is 25.1 Å². The number of carboxylic acids is 1. The lowest BCUT2D eigenvalue weighted by Gasteiger charge is -2.09. The molecule has 0 radical (unpaired) electrons. The number of hydrogen-bond acceptors (Lipinski definition) is 3. The van der Waals surface area contributed by atoms with Gasteiger partial charge in [0, 0.05) is 19.4 Å². The van der Waals surface area contributed by atoms with Crippen molar-refractivity contribution in [2.75, 3.05) is 0 Å². The van der Waals surface area contributed by atoms with Gasteiger partial charge in [0.2, 0.25) is 5.91 Å². The van der Waals surface area contributed by atoms with E-state index in [4.69, 9.17) is 10.4 Å². The van der Waals surface area contributed by atoms with Crippen molar-refractivity contribution in [3.05, 3.63) is 35.4 Å². The first-order valence-corrected chi connectivity index (χ1v) is 5.98. The fourth-order valence-electron chi connectivity index (χ4n) is 1.71. The fraction of sp³-hybridized carbons (Fsp3) is 0.357. The molecule has 0 fully saturated rings. The van der Waals surface area contributed by atoms with Gasteiger partial charge in [0.15, 0.2) is 0 Å². The Morgan fingerprint density at radius 1 is 1.42 bits per heavy atom. The van der Waals surface area contributed by atoms with Crippen molar-refractivity contribution < 1.29 is 14.7 Å². The van der Waals surface area contributed by atoms with E-state index in [0.717, 1.165) is 5.56 Å². The van der Waals surface area contributed by atoms with Gasteiger partial charge in [0.05, 0.1) is 11.6 Å². The number of carbonyl (C=O) groups is 2. The van der Waals surface area contributed by atoms with Gasteiger partial charge >= 0.3 is 5.97 Å².